The molecule has 2 heteroatoms. The quantitative estimate of drug-likeness (QED) is 0.134. The summed E-state index contributed by atoms with van der Waals surface area (Å²) in [5, 5.41) is 5.09. The van der Waals surface area contributed by atoms with Crippen LogP contribution in [0.15, 0.2) is 213 Å². The molecule has 0 radical (unpaired) electrons. The van der Waals surface area contributed by atoms with Crippen molar-refractivity contribution in [1.82, 2.24) is 0 Å². The van der Waals surface area contributed by atoms with E-state index in [1.165, 1.54) is 64.3 Å². The minimum absolute atomic E-state index is 1.08. The van der Waals surface area contributed by atoms with Crippen LogP contribution < -0.4 is 4.90 Å². The second kappa shape index (κ2) is 14.9. The van der Waals surface area contributed by atoms with E-state index in [4.69, 9.17) is 0 Å². The molecule has 0 aliphatic rings. The molecule has 0 unspecified atom stereocenters. The number of hydrogen-bond donors (Lipinski definition) is 0. The van der Waals surface area contributed by atoms with Crippen LogP contribution in [0.5, 0.6) is 0 Å². The molecule has 0 N–H and O–H groups in total. The molecule has 0 aliphatic carbocycles. The summed E-state index contributed by atoms with van der Waals surface area (Å²) in [6.45, 7) is 6.36. The van der Waals surface area contributed by atoms with Gasteiger partial charge in [-0.2, -0.15) is 0 Å². The van der Waals surface area contributed by atoms with Gasteiger partial charge in [-0.3, -0.25) is 0 Å². The van der Waals surface area contributed by atoms with E-state index < -0.39 is 0 Å². The second-order valence-electron chi connectivity index (χ2n) is 13.8. The van der Waals surface area contributed by atoms with Crippen molar-refractivity contribution in [3.05, 3.63) is 224 Å². The van der Waals surface area contributed by atoms with Gasteiger partial charge in [-0.1, -0.05) is 164 Å². The van der Waals surface area contributed by atoms with Gasteiger partial charge in [0.05, 0.1) is 5.69 Å². The van der Waals surface area contributed by atoms with E-state index in [0.29, 0.717) is 0 Å². The van der Waals surface area contributed by atoms with E-state index in [1.807, 2.05) is 17.4 Å². The fourth-order valence-electron chi connectivity index (χ4n) is 7.73. The van der Waals surface area contributed by atoms with Gasteiger partial charge in [-0.05, 0) is 105 Å². The molecule has 0 bridgehead atoms. The minimum atomic E-state index is 1.08. The maximum absolute atomic E-state index is 4.15. The van der Waals surface area contributed by atoms with Gasteiger partial charge in [0.15, 0.2) is 0 Å². The highest BCUT2D eigenvalue weighted by molar-refractivity contribution is 7.25. The molecule has 0 saturated carbocycles. The van der Waals surface area contributed by atoms with Crippen LogP contribution in [-0.4, -0.2) is 0 Å². The molecule has 0 amide bonds. The summed E-state index contributed by atoms with van der Waals surface area (Å²) in [5.41, 5.74) is 12.6. The Kier molecular flexibility index (Phi) is 9.25. The first kappa shape index (κ1) is 34.1. The van der Waals surface area contributed by atoms with Crippen molar-refractivity contribution < 1.29 is 0 Å². The van der Waals surface area contributed by atoms with Gasteiger partial charge in [-0.25, -0.2) is 0 Å². The van der Waals surface area contributed by atoms with E-state index in [1.54, 1.807) is 0 Å². The Morgan fingerprint density at radius 2 is 1.11 bits per heavy atom. The lowest BCUT2D eigenvalue weighted by molar-refractivity contribution is 1.27. The van der Waals surface area contributed by atoms with Crippen LogP contribution in [0.3, 0.4) is 0 Å². The number of rotatable bonds is 9. The van der Waals surface area contributed by atoms with Crippen LogP contribution >= 0.6 is 11.3 Å². The van der Waals surface area contributed by atoms with E-state index in [2.05, 4.69) is 219 Å². The molecule has 0 saturated heterocycles. The van der Waals surface area contributed by atoms with Gasteiger partial charge in [0.25, 0.3) is 0 Å². The van der Waals surface area contributed by atoms with Crippen molar-refractivity contribution in [1.29, 1.82) is 0 Å². The topological polar surface area (TPSA) is 3.24 Å². The third-order valence-corrected chi connectivity index (χ3v) is 11.5. The predicted octanol–water partition coefficient (Wildman–Crippen LogP) is 15.7. The molecule has 55 heavy (non-hydrogen) atoms. The van der Waals surface area contributed by atoms with E-state index in [0.717, 1.165) is 28.2 Å². The largest absolute Gasteiger partial charge is 0.310 e. The fourth-order valence-corrected chi connectivity index (χ4v) is 8.81. The molecule has 8 aromatic carbocycles. The molecule has 0 fully saturated rings. The van der Waals surface area contributed by atoms with E-state index >= 15 is 0 Å². The average molecular weight is 722 g/mol. The van der Waals surface area contributed by atoms with E-state index in [9.17, 15) is 0 Å². The summed E-state index contributed by atoms with van der Waals surface area (Å²) in [6, 6.07) is 67.9. The highest BCUT2D eigenvalue weighted by atomic mass is 32.1. The zero-order valence-electron chi connectivity index (χ0n) is 30.7. The molecule has 0 aliphatic heterocycles. The third-order valence-electron chi connectivity index (χ3n) is 10.4. The molecule has 0 spiro atoms. The van der Waals surface area contributed by atoms with Crippen LogP contribution in [0.25, 0.3) is 64.3 Å². The normalized spacial score (nSPS) is 12.0. The van der Waals surface area contributed by atoms with Crippen LogP contribution in [0.4, 0.5) is 17.1 Å². The third kappa shape index (κ3) is 6.69. The lowest BCUT2D eigenvalue weighted by atomic mass is 9.94. The van der Waals surface area contributed by atoms with Gasteiger partial charge < -0.3 is 4.90 Å². The van der Waals surface area contributed by atoms with Crippen molar-refractivity contribution in [2.75, 3.05) is 4.90 Å². The van der Waals surface area contributed by atoms with Crippen molar-refractivity contribution in [3.8, 4) is 22.3 Å². The van der Waals surface area contributed by atoms with Crippen LogP contribution in [0.2, 0.25) is 0 Å². The Hall–Kier alpha value is -6.74. The summed E-state index contributed by atoms with van der Waals surface area (Å²) in [4.78, 5) is 2.39. The maximum Gasteiger partial charge on any atom is 0.0540 e. The lowest BCUT2D eigenvalue weighted by Gasteiger charge is -2.29. The summed E-state index contributed by atoms with van der Waals surface area (Å²) in [7, 11) is 0. The second-order valence-corrected chi connectivity index (χ2v) is 14.9. The maximum atomic E-state index is 4.15. The Morgan fingerprint density at radius 3 is 1.96 bits per heavy atom. The SMILES string of the molecule is C=C/C=C(\C=C(/C)c1cccc2ccccc12)c1ccccc1N(c1ccc(-c2ccccc2)cc1)c1cccc(-c2ccc3sc4ccccc4c3c2)c1. The highest BCUT2D eigenvalue weighted by Crippen LogP contribution is 2.43. The van der Waals surface area contributed by atoms with Gasteiger partial charge in [0, 0.05) is 37.1 Å². The van der Waals surface area contributed by atoms with Gasteiger partial charge >= 0.3 is 0 Å². The Labute approximate surface area is 327 Å². The molecular formula is C53H39NS. The number of anilines is 3. The van der Waals surface area contributed by atoms with Gasteiger partial charge in [0.1, 0.15) is 0 Å². The van der Waals surface area contributed by atoms with Crippen molar-refractivity contribution in [2.24, 2.45) is 0 Å². The first-order valence-electron chi connectivity index (χ1n) is 18.7. The summed E-state index contributed by atoms with van der Waals surface area (Å²) in [6.07, 6.45) is 6.32. The zero-order valence-corrected chi connectivity index (χ0v) is 31.5. The number of thiophene rings is 1. The number of para-hydroxylation sites is 1. The molecule has 9 rings (SSSR count). The fraction of sp³-hybridized carbons (Fsp3) is 0.0189. The number of benzene rings is 8. The van der Waals surface area contributed by atoms with Gasteiger partial charge in [-0.15, -0.1) is 11.3 Å². The first-order valence-corrected chi connectivity index (χ1v) is 19.5. The summed E-state index contributed by atoms with van der Waals surface area (Å²) >= 11 is 1.85. The first-order chi connectivity index (χ1) is 27.1. The van der Waals surface area contributed by atoms with Gasteiger partial charge in [0.2, 0.25) is 0 Å². The highest BCUT2D eigenvalue weighted by Gasteiger charge is 2.19. The Bertz CT molecular complexity index is 2890. The number of fused-ring (bicyclic) bond motifs is 4. The molecule has 262 valence electrons. The number of hydrogen-bond acceptors (Lipinski definition) is 2. The van der Waals surface area contributed by atoms with Crippen LogP contribution in [0.1, 0.15) is 18.1 Å². The average Bonchev–Trinajstić information content (AvgIpc) is 3.62. The van der Waals surface area contributed by atoms with Crippen LogP contribution in [0, 0.1) is 0 Å². The number of nitrogens with zero attached hydrogens (tertiary/aromatic N) is 1. The van der Waals surface area contributed by atoms with Crippen molar-refractivity contribution in [2.45, 2.75) is 6.92 Å². The zero-order chi connectivity index (χ0) is 37.1. The molecule has 1 nitrogen and oxygen atoms in total. The predicted molar refractivity (Wildman–Crippen MR) is 241 cm³/mol. The molecular weight excluding hydrogens is 683 g/mol. The molecule has 0 atom stereocenters. The smallest absolute Gasteiger partial charge is 0.0540 e. The van der Waals surface area contributed by atoms with E-state index in [-0.39, 0.29) is 0 Å². The minimum Gasteiger partial charge on any atom is -0.310 e. The van der Waals surface area contributed by atoms with Crippen LogP contribution in [-0.2, 0) is 0 Å². The lowest BCUT2D eigenvalue weighted by Crippen LogP contribution is -2.12. The summed E-state index contributed by atoms with van der Waals surface area (Å²) < 4.78 is 2.63. The Balaban J connectivity index is 1.19. The monoisotopic (exact) mass is 721 g/mol. The molecule has 1 heterocycles. The molecule has 9 aromatic rings. The Morgan fingerprint density at radius 1 is 0.491 bits per heavy atom. The molecule has 1 aromatic heterocycles. The van der Waals surface area contributed by atoms with Crippen molar-refractivity contribution >= 4 is 70.5 Å². The van der Waals surface area contributed by atoms with Crippen molar-refractivity contribution in [3.63, 3.8) is 0 Å². The number of allylic oxidation sites excluding steroid dienone is 5. The summed E-state index contributed by atoms with van der Waals surface area (Å²) in [5.74, 6) is 0. The standard InChI is InChI=1S/C53H39NS/c1-3-15-43(34-37(2)46-25-14-19-40-18-7-8-22-47(40)46)48-23-9-11-26-51(48)54(44-31-28-39(29-32-44)38-16-5-4-6-17-38)45-21-13-20-41(35-45)42-30-33-53-50(36-42)49-24-10-12-27-52(49)55-53/h3-36H,1H2,2H3/b37-34+,43-15+.